The second kappa shape index (κ2) is 7.48. The van der Waals surface area contributed by atoms with Gasteiger partial charge in [0.15, 0.2) is 0 Å². The third-order valence-electron chi connectivity index (χ3n) is 2.60. The summed E-state index contributed by atoms with van der Waals surface area (Å²) in [5.74, 6) is 0.681. The number of halogens is 1. The number of hydrogen-bond donors (Lipinski definition) is 1. The van der Waals surface area contributed by atoms with Gasteiger partial charge >= 0.3 is 0 Å². The predicted octanol–water partition coefficient (Wildman–Crippen LogP) is 5.41. The molecule has 0 spiro atoms. The highest BCUT2D eigenvalue weighted by molar-refractivity contribution is 9.10. The van der Waals surface area contributed by atoms with E-state index in [1.807, 2.05) is 11.8 Å². The van der Waals surface area contributed by atoms with E-state index in [1.54, 1.807) is 11.3 Å². The van der Waals surface area contributed by atoms with Crippen LogP contribution >= 0.6 is 39.0 Å². The molecule has 0 amide bonds. The second-order valence-electron chi connectivity index (χ2n) is 4.81. The van der Waals surface area contributed by atoms with Crippen LogP contribution in [-0.4, -0.2) is 6.54 Å². The summed E-state index contributed by atoms with van der Waals surface area (Å²) in [6, 6.07) is 10.8. The van der Waals surface area contributed by atoms with E-state index >= 15 is 0 Å². The molecule has 1 N–H and O–H groups in total. The Bertz CT molecular complexity index is 509. The van der Waals surface area contributed by atoms with Crippen molar-refractivity contribution in [1.29, 1.82) is 0 Å². The van der Waals surface area contributed by atoms with Crippen LogP contribution in [0, 0.1) is 5.92 Å². The molecular formula is C15H18BrNS2. The topological polar surface area (TPSA) is 12.0 Å². The van der Waals surface area contributed by atoms with E-state index < -0.39 is 0 Å². The van der Waals surface area contributed by atoms with Gasteiger partial charge in [0.1, 0.15) is 0 Å². The van der Waals surface area contributed by atoms with Gasteiger partial charge in [0.25, 0.3) is 0 Å². The Morgan fingerprint density at radius 3 is 2.84 bits per heavy atom. The van der Waals surface area contributed by atoms with Gasteiger partial charge in [-0.1, -0.05) is 47.6 Å². The largest absolute Gasteiger partial charge is 0.312 e. The molecule has 0 saturated heterocycles. The van der Waals surface area contributed by atoms with Crippen LogP contribution in [0.4, 0.5) is 0 Å². The normalized spacial score (nSPS) is 11.2. The number of rotatable bonds is 6. The molecule has 1 aromatic carbocycles. The first-order valence-electron chi connectivity index (χ1n) is 6.35. The first kappa shape index (κ1) is 15.1. The second-order valence-corrected chi connectivity index (χ2v) is 8.02. The number of nitrogens with one attached hydrogen (secondary N) is 1. The van der Waals surface area contributed by atoms with E-state index in [2.05, 4.69) is 70.8 Å². The van der Waals surface area contributed by atoms with E-state index in [9.17, 15) is 0 Å². The molecule has 0 saturated carbocycles. The molecule has 1 heterocycles. The van der Waals surface area contributed by atoms with Crippen LogP contribution in [0.1, 0.15) is 19.4 Å². The van der Waals surface area contributed by atoms with Crippen LogP contribution in [0.2, 0.25) is 0 Å². The lowest BCUT2D eigenvalue weighted by molar-refractivity contribution is 0.550. The minimum Gasteiger partial charge on any atom is -0.312 e. The standard InChI is InChI=1S/C15H18BrNS2/c1-11(2)9-17-10-12-8-13(16)5-6-14(12)19-15-4-3-7-18-15/h3-8,11,17H,9-10H2,1-2H3. The van der Waals surface area contributed by atoms with E-state index in [1.165, 1.54) is 14.7 Å². The van der Waals surface area contributed by atoms with Crippen molar-refractivity contribution >= 4 is 39.0 Å². The molecule has 0 atom stereocenters. The first-order valence-corrected chi connectivity index (χ1v) is 8.84. The zero-order chi connectivity index (χ0) is 13.7. The number of benzene rings is 1. The van der Waals surface area contributed by atoms with Crippen LogP contribution in [0.15, 0.2) is 49.3 Å². The van der Waals surface area contributed by atoms with Gasteiger partial charge in [0.05, 0.1) is 4.21 Å². The van der Waals surface area contributed by atoms with Crippen molar-refractivity contribution in [2.24, 2.45) is 5.92 Å². The Kier molecular flexibility index (Phi) is 5.95. The van der Waals surface area contributed by atoms with E-state index in [-0.39, 0.29) is 0 Å². The molecule has 0 unspecified atom stereocenters. The van der Waals surface area contributed by atoms with Crippen molar-refractivity contribution in [1.82, 2.24) is 5.32 Å². The maximum Gasteiger partial charge on any atom is 0.0646 e. The van der Waals surface area contributed by atoms with Gasteiger partial charge in [-0.25, -0.2) is 0 Å². The van der Waals surface area contributed by atoms with E-state index in [0.29, 0.717) is 5.92 Å². The molecule has 0 aliphatic carbocycles. The summed E-state index contributed by atoms with van der Waals surface area (Å²) in [7, 11) is 0. The van der Waals surface area contributed by atoms with Crippen LogP contribution < -0.4 is 5.32 Å². The summed E-state index contributed by atoms with van der Waals surface area (Å²) in [5, 5.41) is 5.64. The highest BCUT2D eigenvalue weighted by Gasteiger charge is 2.06. The summed E-state index contributed by atoms with van der Waals surface area (Å²) < 4.78 is 2.48. The first-order chi connectivity index (χ1) is 9.15. The van der Waals surface area contributed by atoms with Gasteiger partial charge in [-0.05, 0) is 47.7 Å². The number of thiophene rings is 1. The lowest BCUT2D eigenvalue weighted by atomic mass is 10.2. The molecule has 2 rings (SSSR count). The van der Waals surface area contributed by atoms with Crippen molar-refractivity contribution in [3.05, 3.63) is 45.7 Å². The maximum atomic E-state index is 3.56. The van der Waals surface area contributed by atoms with Crippen molar-refractivity contribution in [2.75, 3.05) is 6.54 Å². The Morgan fingerprint density at radius 1 is 1.32 bits per heavy atom. The fraction of sp³-hybridized carbons (Fsp3) is 0.333. The highest BCUT2D eigenvalue weighted by Crippen LogP contribution is 2.34. The molecule has 1 aromatic heterocycles. The molecule has 19 heavy (non-hydrogen) atoms. The fourth-order valence-corrected chi connectivity index (χ4v) is 3.96. The van der Waals surface area contributed by atoms with Crippen molar-refractivity contribution in [3.63, 3.8) is 0 Å². The van der Waals surface area contributed by atoms with Crippen LogP contribution in [-0.2, 0) is 6.54 Å². The minimum absolute atomic E-state index is 0.681. The van der Waals surface area contributed by atoms with Crippen LogP contribution in [0.3, 0.4) is 0 Å². The number of hydrogen-bond acceptors (Lipinski definition) is 3. The summed E-state index contributed by atoms with van der Waals surface area (Å²) >= 11 is 7.20. The Balaban J connectivity index is 2.08. The Hall–Kier alpha value is -0.290. The highest BCUT2D eigenvalue weighted by atomic mass is 79.9. The molecule has 0 radical (unpaired) electrons. The van der Waals surface area contributed by atoms with Crippen LogP contribution in [0.5, 0.6) is 0 Å². The molecule has 102 valence electrons. The van der Waals surface area contributed by atoms with Crippen molar-refractivity contribution in [2.45, 2.75) is 29.5 Å². The average molecular weight is 356 g/mol. The molecule has 0 aliphatic heterocycles. The zero-order valence-electron chi connectivity index (χ0n) is 11.2. The SMILES string of the molecule is CC(C)CNCc1cc(Br)ccc1Sc1cccs1. The monoisotopic (exact) mass is 355 g/mol. The average Bonchev–Trinajstić information content (AvgIpc) is 2.85. The van der Waals surface area contributed by atoms with Gasteiger partial charge in [-0.3, -0.25) is 0 Å². The Morgan fingerprint density at radius 2 is 2.16 bits per heavy atom. The summed E-state index contributed by atoms with van der Waals surface area (Å²) in [5.41, 5.74) is 1.36. The van der Waals surface area contributed by atoms with E-state index in [4.69, 9.17) is 0 Å². The van der Waals surface area contributed by atoms with Crippen molar-refractivity contribution in [3.8, 4) is 0 Å². The summed E-state index contributed by atoms with van der Waals surface area (Å²) in [6.45, 7) is 6.44. The molecule has 0 fully saturated rings. The quantitative estimate of drug-likeness (QED) is 0.743. The molecule has 2 aromatic rings. The minimum atomic E-state index is 0.681. The van der Waals surface area contributed by atoms with Crippen molar-refractivity contribution < 1.29 is 0 Å². The summed E-state index contributed by atoms with van der Waals surface area (Å²) in [4.78, 5) is 1.34. The fourth-order valence-electron chi connectivity index (χ4n) is 1.71. The van der Waals surface area contributed by atoms with Crippen LogP contribution in [0.25, 0.3) is 0 Å². The Labute approximate surface area is 131 Å². The zero-order valence-corrected chi connectivity index (χ0v) is 14.4. The lowest BCUT2D eigenvalue weighted by Gasteiger charge is -2.11. The van der Waals surface area contributed by atoms with Gasteiger partial charge in [-0.15, -0.1) is 11.3 Å². The van der Waals surface area contributed by atoms with Gasteiger partial charge in [0, 0.05) is 15.9 Å². The predicted molar refractivity (Wildman–Crippen MR) is 89.1 cm³/mol. The van der Waals surface area contributed by atoms with E-state index in [0.717, 1.165) is 17.6 Å². The lowest BCUT2D eigenvalue weighted by Crippen LogP contribution is -2.19. The summed E-state index contributed by atoms with van der Waals surface area (Å²) in [6.07, 6.45) is 0. The van der Waals surface area contributed by atoms with Gasteiger partial charge < -0.3 is 5.32 Å². The molecular weight excluding hydrogens is 338 g/mol. The van der Waals surface area contributed by atoms with Gasteiger partial charge in [0.2, 0.25) is 0 Å². The molecule has 1 nitrogen and oxygen atoms in total. The maximum absolute atomic E-state index is 3.56. The van der Waals surface area contributed by atoms with Gasteiger partial charge in [-0.2, -0.15) is 0 Å². The molecule has 0 bridgehead atoms. The third kappa shape index (κ3) is 4.95. The third-order valence-corrected chi connectivity index (χ3v) is 5.25. The molecule has 4 heteroatoms. The molecule has 0 aliphatic rings. The smallest absolute Gasteiger partial charge is 0.0646 e.